The van der Waals surface area contributed by atoms with Crippen LogP contribution in [0.3, 0.4) is 0 Å². The highest BCUT2D eigenvalue weighted by Crippen LogP contribution is 2.55. The third-order valence-corrected chi connectivity index (χ3v) is 18.9. The van der Waals surface area contributed by atoms with Crippen molar-refractivity contribution in [1.82, 2.24) is 9.13 Å². The van der Waals surface area contributed by atoms with Gasteiger partial charge in [0.1, 0.15) is 40.5 Å². The highest BCUT2D eigenvalue weighted by atomic mass is 32.2. The molecule has 1 unspecified atom stereocenters. The number of nitro benzene ring substituents is 1. The van der Waals surface area contributed by atoms with Crippen LogP contribution in [0.1, 0.15) is 19.4 Å². The molecule has 0 radical (unpaired) electrons. The normalized spacial score (nSPS) is 30.0. The van der Waals surface area contributed by atoms with Gasteiger partial charge in [-0.25, -0.2) is 4.79 Å². The zero-order valence-corrected chi connectivity index (χ0v) is 22.3. The Bertz CT molecular complexity index is 953. The average Bonchev–Trinajstić information content (AvgIpc) is 3.08. The fraction of sp³-hybridized carbons (Fsp3) is 0.619. The summed E-state index contributed by atoms with van der Waals surface area (Å²) in [6, 6.07) is 7.68. The van der Waals surface area contributed by atoms with Crippen LogP contribution in [-0.4, -0.2) is 64.6 Å². The van der Waals surface area contributed by atoms with E-state index in [1.54, 1.807) is 28.8 Å². The first-order valence-corrected chi connectivity index (χ1v) is 18.1. The lowest BCUT2D eigenvalue weighted by Crippen LogP contribution is -2.76. The molecule has 174 valence electrons. The third kappa shape index (κ3) is 3.72. The van der Waals surface area contributed by atoms with Crippen LogP contribution >= 0.6 is 11.8 Å². The molecule has 0 saturated carbocycles. The van der Waals surface area contributed by atoms with E-state index in [1.165, 1.54) is 24.2 Å². The van der Waals surface area contributed by atoms with Crippen molar-refractivity contribution >= 4 is 45.8 Å². The second kappa shape index (κ2) is 7.68. The molecule has 3 atom stereocenters. The van der Waals surface area contributed by atoms with Crippen molar-refractivity contribution in [2.45, 2.75) is 80.9 Å². The van der Waals surface area contributed by atoms with Gasteiger partial charge in [0, 0.05) is 16.9 Å². The number of amides is 1. The number of β-lactam (4-membered cyclic amide) rings is 1. The lowest BCUT2D eigenvalue weighted by Gasteiger charge is -2.54. The molecule has 1 aromatic carbocycles. The van der Waals surface area contributed by atoms with Gasteiger partial charge in [-0.05, 0) is 43.6 Å². The number of carbonyl (C=O) groups is 2. The molecule has 0 aliphatic carbocycles. The summed E-state index contributed by atoms with van der Waals surface area (Å²) in [6.07, 6.45) is 0. The van der Waals surface area contributed by atoms with Crippen molar-refractivity contribution in [2.24, 2.45) is 0 Å². The molecule has 11 heteroatoms. The number of rotatable bonds is 5. The van der Waals surface area contributed by atoms with Crippen LogP contribution < -0.4 is 0 Å². The van der Waals surface area contributed by atoms with Gasteiger partial charge in [-0.2, -0.15) is 0 Å². The van der Waals surface area contributed by atoms with Gasteiger partial charge in [-0.15, -0.1) is 11.8 Å². The zero-order chi connectivity index (χ0) is 23.6. The Hall–Kier alpha value is -1.70. The molecule has 32 heavy (non-hydrogen) atoms. The Balaban J connectivity index is 1.48. The van der Waals surface area contributed by atoms with Crippen molar-refractivity contribution in [1.29, 1.82) is 0 Å². The molecule has 1 aromatic rings. The first-order valence-electron chi connectivity index (χ1n) is 11.0. The van der Waals surface area contributed by atoms with Gasteiger partial charge in [0.25, 0.3) is 5.69 Å². The molecule has 3 aliphatic rings. The third-order valence-electron chi connectivity index (χ3n) is 7.10. The SMILES string of the molecule is CC1(C)S[C@@H]2C(N3[Si](C)(C)CC[Si]3(C)C)C(=O)N2[C@H]1C(=O)OCc1ccc([N+](=O)[O-])cc1. The van der Waals surface area contributed by atoms with Crippen LogP contribution in [0.15, 0.2) is 24.3 Å². The van der Waals surface area contributed by atoms with Gasteiger partial charge < -0.3 is 13.9 Å². The molecule has 3 saturated heterocycles. The van der Waals surface area contributed by atoms with E-state index < -0.39 is 38.2 Å². The maximum absolute atomic E-state index is 13.4. The molecule has 3 heterocycles. The summed E-state index contributed by atoms with van der Waals surface area (Å²) in [6.45, 7) is 13.5. The minimum absolute atomic E-state index is 0.00618. The van der Waals surface area contributed by atoms with E-state index >= 15 is 0 Å². The number of non-ortho nitro benzene ring substituents is 1. The number of hydrogen-bond acceptors (Lipinski definition) is 7. The summed E-state index contributed by atoms with van der Waals surface area (Å²) in [4.78, 5) is 38.6. The lowest BCUT2D eigenvalue weighted by molar-refractivity contribution is -0.384. The van der Waals surface area contributed by atoms with Crippen LogP contribution in [0, 0.1) is 10.1 Å². The summed E-state index contributed by atoms with van der Waals surface area (Å²) < 4.78 is 7.77. The Morgan fingerprint density at radius 1 is 1.19 bits per heavy atom. The summed E-state index contributed by atoms with van der Waals surface area (Å²) in [7, 11) is -3.27. The predicted octanol–water partition coefficient (Wildman–Crippen LogP) is 3.79. The van der Waals surface area contributed by atoms with Crippen molar-refractivity contribution in [2.75, 3.05) is 0 Å². The van der Waals surface area contributed by atoms with Gasteiger partial charge >= 0.3 is 5.97 Å². The monoisotopic (exact) mass is 493 g/mol. The number of ether oxygens (including phenoxy) is 1. The first kappa shape index (κ1) is 23.5. The Labute approximate surface area is 195 Å². The number of thioether (sulfide) groups is 1. The standard InChI is InChI=1S/C21H31N3O5SSi2/c1-21(2)17(20(26)29-13-14-7-9-15(10-8-14)23(27)28)22-18(25)16(19(22)30-21)24-31(3,4)11-12-32(24,5)6/h7-10,16-17,19H,11-13H2,1-6H3/t16?,17-,19+/m0/s1. The second-order valence-corrected chi connectivity index (χ2v) is 22.2. The number of fused-ring (bicyclic) bond motifs is 1. The summed E-state index contributed by atoms with van der Waals surface area (Å²) in [5.41, 5.74) is 0.669. The number of nitro groups is 1. The highest BCUT2D eigenvalue weighted by molar-refractivity contribution is 8.01. The quantitative estimate of drug-likeness (QED) is 0.202. The minimum Gasteiger partial charge on any atom is -0.459 e. The van der Waals surface area contributed by atoms with Gasteiger partial charge in [0.05, 0.1) is 4.92 Å². The summed E-state index contributed by atoms with van der Waals surface area (Å²) in [5.74, 6) is -0.349. The van der Waals surface area contributed by atoms with Crippen LogP contribution in [0.2, 0.25) is 38.3 Å². The van der Waals surface area contributed by atoms with E-state index in [0.717, 1.165) is 0 Å². The zero-order valence-electron chi connectivity index (χ0n) is 19.5. The Kier molecular flexibility index (Phi) is 5.63. The summed E-state index contributed by atoms with van der Waals surface area (Å²) >= 11 is 1.71. The number of nitrogens with zero attached hydrogens (tertiary/aromatic N) is 3. The highest BCUT2D eigenvalue weighted by Gasteiger charge is 2.68. The molecule has 0 bridgehead atoms. The molecule has 4 rings (SSSR count). The van der Waals surface area contributed by atoms with Crippen LogP contribution in [0.25, 0.3) is 0 Å². The molecule has 8 nitrogen and oxygen atoms in total. The van der Waals surface area contributed by atoms with E-state index in [1.807, 2.05) is 13.8 Å². The number of carbonyl (C=O) groups excluding carboxylic acids is 2. The van der Waals surface area contributed by atoms with Crippen molar-refractivity contribution in [3.63, 3.8) is 0 Å². The van der Waals surface area contributed by atoms with Gasteiger partial charge in [0.2, 0.25) is 5.91 Å². The fourth-order valence-electron chi connectivity index (χ4n) is 5.58. The topological polar surface area (TPSA) is 93.0 Å². The minimum atomic E-state index is -1.64. The summed E-state index contributed by atoms with van der Waals surface area (Å²) in [5, 5.41) is 10.8. The predicted molar refractivity (Wildman–Crippen MR) is 129 cm³/mol. The Morgan fingerprint density at radius 2 is 1.75 bits per heavy atom. The van der Waals surface area contributed by atoms with Gasteiger partial charge in [0.15, 0.2) is 0 Å². The van der Waals surface area contributed by atoms with Gasteiger partial charge in [-0.1, -0.05) is 26.2 Å². The fourth-order valence-corrected chi connectivity index (χ4v) is 22.1. The van der Waals surface area contributed by atoms with E-state index in [9.17, 15) is 19.7 Å². The molecule has 3 fully saturated rings. The smallest absolute Gasteiger partial charge is 0.330 e. The van der Waals surface area contributed by atoms with E-state index in [0.29, 0.717) is 5.56 Å². The number of hydrogen-bond donors (Lipinski definition) is 0. The molecule has 0 spiro atoms. The van der Waals surface area contributed by atoms with Crippen LogP contribution in [0.5, 0.6) is 0 Å². The van der Waals surface area contributed by atoms with E-state index in [4.69, 9.17) is 4.74 Å². The Morgan fingerprint density at radius 3 is 2.28 bits per heavy atom. The van der Waals surface area contributed by atoms with Crippen molar-refractivity contribution < 1.29 is 19.2 Å². The first-order chi connectivity index (χ1) is 14.8. The molecular weight excluding hydrogens is 462 g/mol. The molecule has 1 amide bonds. The van der Waals surface area contributed by atoms with Crippen LogP contribution in [0.4, 0.5) is 5.69 Å². The lowest BCUT2D eigenvalue weighted by atomic mass is 9.96. The number of esters is 1. The van der Waals surface area contributed by atoms with E-state index in [2.05, 4.69) is 30.4 Å². The average molecular weight is 494 g/mol. The largest absolute Gasteiger partial charge is 0.459 e. The molecule has 0 aromatic heterocycles. The molecule has 0 N–H and O–H groups in total. The van der Waals surface area contributed by atoms with Gasteiger partial charge in [-0.3, -0.25) is 14.9 Å². The maximum atomic E-state index is 13.4. The van der Waals surface area contributed by atoms with E-state index in [-0.39, 0.29) is 29.6 Å². The second-order valence-electron chi connectivity index (χ2n) is 10.7. The number of benzene rings is 1. The van der Waals surface area contributed by atoms with Crippen LogP contribution in [-0.2, 0) is 20.9 Å². The van der Waals surface area contributed by atoms with Crippen molar-refractivity contribution in [3.8, 4) is 0 Å². The molecule has 3 aliphatic heterocycles. The molecular formula is C21H31N3O5SSi2. The maximum Gasteiger partial charge on any atom is 0.330 e. The van der Waals surface area contributed by atoms with Crippen molar-refractivity contribution in [3.05, 3.63) is 39.9 Å².